The molecule has 0 saturated carbocycles. The molecule has 0 aliphatic carbocycles. The topological polar surface area (TPSA) is 75.4 Å². The van der Waals surface area contributed by atoms with Crippen molar-refractivity contribution in [3.05, 3.63) is 76.8 Å². The van der Waals surface area contributed by atoms with E-state index in [0.29, 0.717) is 22.2 Å². The van der Waals surface area contributed by atoms with Gasteiger partial charge in [0, 0.05) is 30.3 Å². The highest BCUT2D eigenvalue weighted by atomic mass is 32.2. The Bertz CT molecular complexity index is 1200. The first-order valence-corrected chi connectivity index (χ1v) is 11.3. The number of aromatic nitrogens is 2. The normalized spacial score (nSPS) is 15.0. The van der Waals surface area contributed by atoms with Gasteiger partial charge in [-0.25, -0.2) is 4.68 Å². The van der Waals surface area contributed by atoms with Crippen LogP contribution >= 0.6 is 24.0 Å². The number of rotatable bonds is 7. The van der Waals surface area contributed by atoms with E-state index in [1.165, 1.54) is 16.7 Å². The summed E-state index contributed by atoms with van der Waals surface area (Å²) in [6.07, 6.45) is 4.08. The maximum Gasteiger partial charge on any atom is 0.303 e. The van der Waals surface area contributed by atoms with Gasteiger partial charge >= 0.3 is 5.97 Å². The monoisotopic (exact) mass is 463 g/mol. The molecule has 0 atom stereocenters. The fourth-order valence-electron chi connectivity index (χ4n) is 3.36. The van der Waals surface area contributed by atoms with Gasteiger partial charge in [0.2, 0.25) is 0 Å². The lowest BCUT2D eigenvalue weighted by atomic mass is 10.1. The summed E-state index contributed by atoms with van der Waals surface area (Å²) in [6.45, 7) is 2.32. The maximum absolute atomic E-state index is 12.9. The van der Waals surface area contributed by atoms with Gasteiger partial charge in [0.05, 0.1) is 16.3 Å². The molecule has 4 rings (SSSR count). The molecule has 0 radical (unpaired) electrons. The van der Waals surface area contributed by atoms with Crippen molar-refractivity contribution in [2.45, 2.75) is 19.8 Å². The summed E-state index contributed by atoms with van der Waals surface area (Å²) < 4.78 is 2.24. The summed E-state index contributed by atoms with van der Waals surface area (Å²) in [6, 6.07) is 17.9. The van der Waals surface area contributed by atoms with Crippen molar-refractivity contribution in [3.8, 4) is 16.9 Å². The zero-order valence-electron chi connectivity index (χ0n) is 17.4. The molecule has 8 heteroatoms. The predicted octanol–water partition coefficient (Wildman–Crippen LogP) is 4.91. The highest BCUT2D eigenvalue weighted by Gasteiger charge is 2.32. The Hall–Kier alpha value is -3.23. The van der Waals surface area contributed by atoms with Crippen molar-refractivity contribution >= 4 is 46.3 Å². The Morgan fingerprint density at radius 2 is 1.88 bits per heavy atom. The zero-order valence-corrected chi connectivity index (χ0v) is 19.0. The summed E-state index contributed by atoms with van der Waals surface area (Å²) in [5, 5.41) is 13.7. The smallest absolute Gasteiger partial charge is 0.303 e. The van der Waals surface area contributed by atoms with Crippen molar-refractivity contribution in [2.24, 2.45) is 0 Å². The molecule has 2 heterocycles. The first-order chi connectivity index (χ1) is 15.4. The Morgan fingerprint density at radius 3 is 2.56 bits per heavy atom. The number of amides is 1. The number of carbonyl (C=O) groups is 2. The van der Waals surface area contributed by atoms with E-state index in [-0.39, 0.29) is 12.3 Å². The third-order valence-electron chi connectivity index (χ3n) is 5.02. The van der Waals surface area contributed by atoms with E-state index in [9.17, 15) is 9.59 Å². The molecule has 1 aliphatic rings. The summed E-state index contributed by atoms with van der Waals surface area (Å²) >= 11 is 6.60. The standard InChI is InChI=1S/C24H21N3O3S2/c1-16-9-11-17(12-10-16)22-18(15-27(25-22)19-6-3-2-4-7-19)14-20-23(30)26(24(31)32-20)13-5-8-21(28)29/h2-4,6-7,9-12,14-15H,5,8,13H2,1H3,(H,28,29)/b20-14-. The Morgan fingerprint density at radius 1 is 1.16 bits per heavy atom. The summed E-state index contributed by atoms with van der Waals surface area (Å²) in [5.74, 6) is -1.09. The van der Waals surface area contributed by atoms with Crippen molar-refractivity contribution in [2.75, 3.05) is 6.54 Å². The second kappa shape index (κ2) is 9.50. The van der Waals surface area contributed by atoms with Crippen LogP contribution in [0.1, 0.15) is 24.0 Å². The average molecular weight is 464 g/mol. The molecule has 162 valence electrons. The fraction of sp³-hybridized carbons (Fsp3) is 0.167. The van der Waals surface area contributed by atoms with Gasteiger partial charge in [0.25, 0.3) is 5.91 Å². The molecule has 0 bridgehead atoms. The van der Waals surface area contributed by atoms with Crippen LogP contribution in [0.5, 0.6) is 0 Å². The Labute approximate surface area is 195 Å². The maximum atomic E-state index is 12.9. The molecule has 1 aromatic heterocycles. The summed E-state index contributed by atoms with van der Waals surface area (Å²) in [4.78, 5) is 25.7. The second-order valence-electron chi connectivity index (χ2n) is 7.41. The molecule has 2 aromatic carbocycles. The van der Waals surface area contributed by atoms with E-state index in [2.05, 4.69) is 0 Å². The molecule has 1 fully saturated rings. The van der Waals surface area contributed by atoms with Crippen molar-refractivity contribution in [1.29, 1.82) is 0 Å². The third kappa shape index (κ3) is 4.81. The molecule has 1 saturated heterocycles. The molecule has 3 aromatic rings. The molecule has 32 heavy (non-hydrogen) atoms. The second-order valence-corrected chi connectivity index (χ2v) is 9.09. The van der Waals surface area contributed by atoms with Crippen molar-refractivity contribution in [3.63, 3.8) is 0 Å². The van der Waals surface area contributed by atoms with E-state index in [1.807, 2.05) is 73.8 Å². The number of nitrogens with zero attached hydrogens (tertiary/aromatic N) is 3. The summed E-state index contributed by atoms with van der Waals surface area (Å²) in [7, 11) is 0. The number of para-hydroxylation sites is 1. The van der Waals surface area contributed by atoms with E-state index < -0.39 is 5.97 Å². The number of aryl methyl sites for hydroxylation is 1. The third-order valence-corrected chi connectivity index (χ3v) is 6.40. The summed E-state index contributed by atoms with van der Waals surface area (Å²) in [5.41, 5.74) is 4.60. The quantitative estimate of drug-likeness (QED) is 0.396. The van der Waals surface area contributed by atoms with Gasteiger partial charge < -0.3 is 5.11 Å². The molecule has 6 nitrogen and oxygen atoms in total. The predicted molar refractivity (Wildman–Crippen MR) is 130 cm³/mol. The van der Waals surface area contributed by atoms with Crippen LogP contribution in [0.15, 0.2) is 65.7 Å². The van der Waals surface area contributed by atoms with Crippen molar-refractivity contribution < 1.29 is 14.7 Å². The number of carboxylic acid groups (broad SMARTS) is 1. The number of hydrogen-bond acceptors (Lipinski definition) is 5. The van der Waals surface area contributed by atoms with Crippen LogP contribution in [0.2, 0.25) is 0 Å². The Kier molecular flexibility index (Phi) is 6.53. The number of hydrogen-bond donors (Lipinski definition) is 1. The van der Waals surface area contributed by atoms with E-state index in [0.717, 1.165) is 28.1 Å². The van der Waals surface area contributed by atoms with Gasteiger partial charge in [0.15, 0.2) is 0 Å². The van der Waals surface area contributed by atoms with Crippen LogP contribution in [0.4, 0.5) is 0 Å². The molecule has 1 N–H and O–H groups in total. The van der Waals surface area contributed by atoms with Gasteiger partial charge in [-0.05, 0) is 31.6 Å². The minimum atomic E-state index is -0.887. The van der Waals surface area contributed by atoms with Crippen LogP contribution in [0, 0.1) is 6.92 Å². The van der Waals surface area contributed by atoms with Gasteiger partial charge in [-0.1, -0.05) is 72.0 Å². The van der Waals surface area contributed by atoms with Crippen molar-refractivity contribution in [1.82, 2.24) is 14.7 Å². The molecule has 0 spiro atoms. The number of thiocarbonyl (C=S) groups is 1. The minimum absolute atomic E-state index is 0.00245. The van der Waals surface area contributed by atoms with Gasteiger partial charge in [-0.2, -0.15) is 5.10 Å². The molecule has 1 aliphatic heterocycles. The van der Waals surface area contributed by atoms with Gasteiger partial charge in [-0.15, -0.1) is 0 Å². The largest absolute Gasteiger partial charge is 0.481 e. The minimum Gasteiger partial charge on any atom is -0.481 e. The highest BCUT2D eigenvalue weighted by Crippen LogP contribution is 2.35. The van der Waals surface area contributed by atoms with Crippen LogP contribution in [-0.4, -0.2) is 42.5 Å². The number of carbonyl (C=O) groups excluding carboxylic acids is 1. The SMILES string of the molecule is Cc1ccc(-c2nn(-c3ccccc3)cc2/C=C2\SC(=S)N(CCCC(=O)O)C2=O)cc1. The van der Waals surface area contributed by atoms with E-state index >= 15 is 0 Å². The fourth-order valence-corrected chi connectivity index (χ4v) is 4.66. The molecule has 1 amide bonds. The molecular formula is C24H21N3O3S2. The van der Waals surface area contributed by atoms with Crippen LogP contribution in [-0.2, 0) is 9.59 Å². The highest BCUT2D eigenvalue weighted by molar-refractivity contribution is 8.26. The van der Waals surface area contributed by atoms with E-state index in [1.54, 1.807) is 4.68 Å². The molecule has 0 unspecified atom stereocenters. The van der Waals surface area contributed by atoms with Crippen LogP contribution in [0.3, 0.4) is 0 Å². The number of thioether (sulfide) groups is 1. The van der Waals surface area contributed by atoms with Crippen LogP contribution in [0.25, 0.3) is 23.0 Å². The lowest BCUT2D eigenvalue weighted by Crippen LogP contribution is -2.29. The van der Waals surface area contributed by atoms with Gasteiger partial charge in [0.1, 0.15) is 4.32 Å². The number of carboxylic acids is 1. The van der Waals surface area contributed by atoms with Gasteiger partial charge in [-0.3, -0.25) is 14.5 Å². The lowest BCUT2D eigenvalue weighted by Gasteiger charge is -2.13. The number of benzene rings is 2. The Balaban J connectivity index is 1.69. The first-order valence-electron chi connectivity index (χ1n) is 10.1. The number of aliphatic carboxylic acids is 1. The van der Waals surface area contributed by atoms with E-state index in [4.69, 9.17) is 22.4 Å². The lowest BCUT2D eigenvalue weighted by molar-refractivity contribution is -0.137. The zero-order chi connectivity index (χ0) is 22.7. The van der Waals surface area contributed by atoms with Crippen LogP contribution < -0.4 is 0 Å². The molecular weight excluding hydrogens is 442 g/mol. The average Bonchev–Trinajstić information content (AvgIpc) is 3.31. The first kappa shape index (κ1) is 22.0.